The Kier molecular flexibility index (Phi) is 6.83. The summed E-state index contributed by atoms with van der Waals surface area (Å²) in [6.07, 6.45) is 4.99. The third-order valence-corrected chi connectivity index (χ3v) is 6.82. The fourth-order valence-corrected chi connectivity index (χ4v) is 4.88. The summed E-state index contributed by atoms with van der Waals surface area (Å²) in [6.45, 7) is 0.803. The maximum atomic E-state index is 13.2. The smallest absolute Gasteiger partial charge is 0.270 e. The van der Waals surface area contributed by atoms with Crippen molar-refractivity contribution in [2.45, 2.75) is 30.6 Å². The van der Waals surface area contributed by atoms with Gasteiger partial charge in [0.05, 0.1) is 16.8 Å². The summed E-state index contributed by atoms with van der Waals surface area (Å²) in [5.74, 6) is 0. The lowest BCUT2D eigenvalue weighted by atomic mass is 10.2. The van der Waals surface area contributed by atoms with Crippen LogP contribution >= 0.6 is 11.6 Å². The summed E-state index contributed by atoms with van der Waals surface area (Å²) in [4.78, 5) is 10.4. The molecular formula is C19H21ClN4O4S. The van der Waals surface area contributed by atoms with Gasteiger partial charge in [-0.05, 0) is 36.6 Å². The third-order valence-electron chi connectivity index (χ3n) is 4.63. The molecule has 0 spiro atoms. The van der Waals surface area contributed by atoms with Crippen LogP contribution in [-0.4, -0.2) is 37.0 Å². The summed E-state index contributed by atoms with van der Waals surface area (Å²) >= 11 is 5.85. The van der Waals surface area contributed by atoms with Gasteiger partial charge in [0.1, 0.15) is 4.90 Å². The van der Waals surface area contributed by atoms with Gasteiger partial charge in [0.2, 0.25) is 10.0 Å². The Balaban J connectivity index is 1.92. The summed E-state index contributed by atoms with van der Waals surface area (Å²) in [6, 6.07) is 10.6. The Morgan fingerprint density at radius 2 is 1.72 bits per heavy atom. The Bertz CT molecular complexity index is 1000. The monoisotopic (exact) mass is 436 g/mol. The molecule has 1 heterocycles. The Hall–Kier alpha value is -2.49. The van der Waals surface area contributed by atoms with Crippen LogP contribution in [0.3, 0.4) is 0 Å². The van der Waals surface area contributed by atoms with Crippen molar-refractivity contribution < 1.29 is 13.3 Å². The first kappa shape index (κ1) is 21.2. The molecule has 1 saturated heterocycles. The van der Waals surface area contributed by atoms with Crippen molar-refractivity contribution in [1.29, 1.82) is 0 Å². The maximum Gasteiger partial charge on any atom is 0.270 e. The molecule has 2 aromatic carbocycles. The number of hydrogen-bond donors (Lipinski definition) is 1. The molecule has 29 heavy (non-hydrogen) atoms. The summed E-state index contributed by atoms with van der Waals surface area (Å²) in [5.41, 5.74) is 3.37. The lowest BCUT2D eigenvalue weighted by Gasteiger charge is -2.21. The van der Waals surface area contributed by atoms with Crippen molar-refractivity contribution in [2.24, 2.45) is 5.10 Å². The molecule has 1 N–H and O–H groups in total. The van der Waals surface area contributed by atoms with E-state index in [1.165, 1.54) is 22.7 Å². The van der Waals surface area contributed by atoms with Crippen molar-refractivity contribution in [3.8, 4) is 0 Å². The minimum Gasteiger partial charge on any atom is -0.277 e. The predicted molar refractivity (Wildman–Crippen MR) is 113 cm³/mol. The zero-order chi connectivity index (χ0) is 20.9. The number of halogens is 1. The number of nitrogens with one attached hydrogen (secondary N) is 1. The van der Waals surface area contributed by atoms with Crippen molar-refractivity contribution >= 4 is 39.2 Å². The van der Waals surface area contributed by atoms with E-state index in [2.05, 4.69) is 10.5 Å². The van der Waals surface area contributed by atoms with Gasteiger partial charge in [-0.15, -0.1) is 0 Å². The molecule has 0 atom stereocenters. The van der Waals surface area contributed by atoms with Gasteiger partial charge >= 0.3 is 0 Å². The number of hydrazone groups is 1. The zero-order valence-corrected chi connectivity index (χ0v) is 17.2. The van der Waals surface area contributed by atoms with E-state index >= 15 is 0 Å². The van der Waals surface area contributed by atoms with E-state index in [9.17, 15) is 18.5 Å². The van der Waals surface area contributed by atoms with Crippen molar-refractivity contribution in [3.63, 3.8) is 0 Å². The van der Waals surface area contributed by atoms with Gasteiger partial charge in [-0.1, -0.05) is 36.6 Å². The van der Waals surface area contributed by atoms with Gasteiger partial charge in [-0.25, -0.2) is 8.42 Å². The van der Waals surface area contributed by atoms with Crippen LogP contribution in [0.15, 0.2) is 52.5 Å². The second-order valence-corrected chi connectivity index (χ2v) is 9.02. The largest absolute Gasteiger partial charge is 0.277 e. The first-order chi connectivity index (χ1) is 13.9. The molecule has 2 aromatic rings. The summed E-state index contributed by atoms with van der Waals surface area (Å²) in [5, 5.41) is 15.9. The molecule has 1 aliphatic heterocycles. The van der Waals surface area contributed by atoms with Crippen molar-refractivity contribution in [3.05, 3.63) is 63.2 Å². The van der Waals surface area contributed by atoms with Gasteiger partial charge in [0, 0.05) is 30.2 Å². The van der Waals surface area contributed by atoms with E-state index < -0.39 is 14.9 Å². The first-order valence-electron chi connectivity index (χ1n) is 9.21. The zero-order valence-electron chi connectivity index (χ0n) is 15.6. The molecule has 0 aliphatic carbocycles. The van der Waals surface area contributed by atoms with Gasteiger partial charge in [-0.2, -0.15) is 9.41 Å². The topological polar surface area (TPSA) is 105 Å². The number of rotatable bonds is 6. The molecule has 0 bridgehead atoms. The van der Waals surface area contributed by atoms with Crippen LogP contribution in [0.2, 0.25) is 5.02 Å². The highest BCUT2D eigenvalue weighted by Crippen LogP contribution is 2.30. The van der Waals surface area contributed by atoms with Gasteiger partial charge in [0.15, 0.2) is 0 Å². The first-order valence-corrected chi connectivity index (χ1v) is 11.0. The molecule has 154 valence electrons. The number of anilines is 1. The Labute approximate surface area is 174 Å². The van der Waals surface area contributed by atoms with Gasteiger partial charge in [0.25, 0.3) is 5.69 Å². The molecule has 1 aliphatic rings. The number of non-ortho nitro benzene ring substituents is 1. The second kappa shape index (κ2) is 9.34. The molecule has 0 aromatic heterocycles. The highest BCUT2D eigenvalue weighted by atomic mass is 35.5. The average molecular weight is 437 g/mol. The molecule has 0 unspecified atom stereocenters. The highest BCUT2D eigenvalue weighted by Gasteiger charge is 2.29. The minimum absolute atomic E-state index is 0.151. The molecule has 0 amide bonds. The summed E-state index contributed by atoms with van der Waals surface area (Å²) < 4.78 is 27.8. The SMILES string of the molecule is O=[N+]([O-])c1ccc(N/N=C\c2ccc(Cl)cc2)c(S(=O)(=O)N2CCCCCC2)c1. The minimum atomic E-state index is -3.90. The Morgan fingerprint density at radius 1 is 1.07 bits per heavy atom. The van der Waals surface area contributed by atoms with E-state index in [0.717, 1.165) is 37.3 Å². The van der Waals surface area contributed by atoms with Crippen LogP contribution in [-0.2, 0) is 10.0 Å². The van der Waals surface area contributed by atoms with E-state index in [-0.39, 0.29) is 16.3 Å². The number of hydrogen-bond acceptors (Lipinski definition) is 6. The molecular weight excluding hydrogens is 416 g/mol. The van der Waals surface area contributed by atoms with E-state index in [4.69, 9.17) is 11.6 Å². The lowest BCUT2D eigenvalue weighted by Crippen LogP contribution is -2.32. The molecule has 8 nitrogen and oxygen atoms in total. The number of benzene rings is 2. The van der Waals surface area contributed by atoms with Crippen LogP contribution < -0.4 is 5.43 Å². The van der Waals surface area contributed by atoms with E-state index in [1.54, 1.807) is 24.3 Å². The van der Waals surface area contributed by atoms with E-state index in [1.807, 2.05) is 0 Å². The number of nitrogens with zero attached hydrogens (tertiary/aromatic N) is 3. The molecule has 0 saturated carbocycles. The molecule has 10 heteroatoms. The van der Waals surface area contributed by atoms with Crippen LogP contribution in [0.5, 0.6) is 0 Å². The standard InChI is InChI=1S/C19H21ClN4O4S/c20-16-7-5-15(6-8-16)14-21-22-18-10-9-17(24(25)26)13-19(18)29(27,28)23-11-3-1-2-4-12-23/h5-10,13-14,22H,1-4,11-12H2/b21-14-. The number of nitro groups is 1. The van der Waals surface area contributed by atoms with Crippen molar-refractivity contribution in [1.82, 2.24) is 4.31 Å². The number of sulfonamides is 1. The van der Waals surface area contributed by atoms with Crippen LogP contribution in [0, 0.1) is 10.1 Å². The quantitative estimate of drug-likeness (QED) is 0.413. The maximum absolute atomic E-state index is 13.2. The predicted octanol–water partition coefficient (Wildman–Crippen LogP) is 4.26. The van der Waals surface area contributed by atoms with E-state index in [0.29, 0.717) is 18.1 Å². The van der Waals surface area contributed by atoms with Gasteiger partial charge in [-0.3, -0.25) is 15.5 Å². The van der Waals surface area contributed by atoms with Crippen LogP contribution in [0.1, 0.15) is 31.2 Å². The second-order valence-electron chi connectivity index (χ2n) is 6.68. The fraction of sp³-hybridized carbons (Fsp3) is 0.316. The lowest BCUT2D eigenvalue weighted by molar-refractivity contribution is -0.385. The average Bonchev–Trinajstić information content (AvgIpc) is 2.99. The van der Waals surface area contributed by atoms with Crippen LogP contribution in [0.4, 0.5) is 11.4 Å². The molecule has 3 rings (SSSR count). The fourth-order valence-electron chi connectivity index (χ4n) is 3.08. The van der Waals surface area contributed by atoms with Crippen LogP contribution in [0.25, 0.3) is 0 Å². The molecule has 0 radical (unpaired) electrons. The highest BCUT2D eigenvalue weighted by molar-refractivity contribution is 7.89. The Morgan fingerprint density at radius 3 is 2.34 bits per heavy atom. The third kappa shape index (κ3) is 5.31. The summed E-state index contributed by atoms with van der Waals surface area (Å²) in [7, 11) is -3.90. The molecule has 1 fully saturated rings. The van der Waals surface area contributed by atoms with Crippen molar-refractivity contribution in [2.75, 3.05) is 18.5 Å². The van der Waals surface area contributed by atoms with Gasteiger partial charge < -0.3 is 0 Å². The normalized spacial score (nSPS) is 15.9. The number of nitro benzene ring substituents is 1.